The third-order valence-corrected chi connectivity index (χ3v) is 4.16. The first kappa shape index (κ1) is 12.3. The average molecular weight is 232 g/mol. The largest absolute Gasteiger partial charge is 0.397 e. The average Bonchev–Trinajstić information content (AvgIpc) is 2.82. The van der Waals surface area contributed by atoms with Crippen LogP contribution in [0.25, 0.3) is 0 Å². The molecule has 0 spiro atoms. The second-order valence-corrected chi connectivity index (χ2v) is 5.91. The maximum absolute atomic E-state index is 5.94. The van der Waals surface area contributed by atoms with E-state index in [4.69, 9.17) is 5.73 Å². The maximum atomic E-state index is 5.94. The van der Waals surface area contributed by atoms with Crippen molar-refractivity contribution < 1.29 is 0 Å². The lowest BCUT2D eigenvalue weighted by atomic mass is 9.77. The van der Waals surface area contributed by atoms with Crippen LogP contribution >= 0.6 is 0 Å². The van der Waals surface area contributed by atoms with Crippen LogP contribution in [0.5, 0.6) is 0 Å². The molecule has 1 aliphatic carbocycles. The van der Waals surface area contributed by atoms with E-state index in [1.165, 1.54) is 25.7 Å². The molecule has 0 aromatic heterocycles. The molecule has 0 unspecified atom stereocenters. The molecule has 2 rings (SSSR count). The summed E-state index contributed by atoms with van der Waals surface area (Å²) in [7, 11) is 0. The van der Waals surface area contributed by atoms with Gasteiger partial charge in [-0.3, -0.25) is 0 Å². The third-order valence-electron chi connectivity index (χ3n) is 4.16. The zero-order valence-corrected chi connectivity index (χ0v) is 11.0. The zero-order chi connectivity index (χ0) is 12.3. The summed E-state index contributed by atoms with van der Waals surface area (Å²) in [5.74, 6) is 0.861. The highest BCUT2D eigenvalue weighted by atomic mass is 14.9. The van der Waals surface area contributed by atoms with Crippen molar-refractivity contribution in [1.29, 1.82) is 0 Å². The van der Waals surface area contributed by atoms with E-state index in [-0.39, 0.29) is 0 Å². The number of hydrogen-bond donors (Lipinski definition) is 2. The molecule has 1 aliphatic rings. The fourth-order valence-electron chi connectivity index (χ4n) is 2.83. The summed E-state index contributed by atoms with van der Waals surface area (Å²) in [6.07, 6.45) is 5.58. The Kier molecular flexibility index (Phi) is 3.60. The Labute approximate surface area is 105 Å². The zero-order valence-electron chi connectivity index (χ0n) is 11.0. The van der Waals surface area contributed by atoms with Gasteiger partial charge in [0, 0.05) is 6.54 Å². The van der Waals surface area contributed by atoms with Gasteiger partial charge in [-0.2, -0.15) is 0 Å². The molecule has 2 heteroatoms. The molecule has 0 aliphatic heterocycles. The van der Waals surface area contributed by atoms with E-state index >= 15 is 0 Å². The highest BCUT2D eigenvalue weighted by Crippen LogP contribution is 2.39. The van der Waals surface area contributed by atoms with Crippen LogP contribution in [0.15, 0.2) is 24.3 Å². The first-order valence-corrected chi connectivity index (χ1v) is 6.68. The van der Waals surface area contributed by atoms with Crippen LogP contribution in [0, 0.1) is 11.3 Å². The summed E-state index contributed by atoms with van der Waals surface area (Å²) in [4.78, 5) is 0. The maximum Gasteiger partial charge on any atom is 0.0574 e. The monoisotopic (exact) mass is 232 g/mol. The van der Waals surface area contributed by atoms with Gasteiger partial charge in [-0.25, -0.2) is 0 Å². The molecule has 1 aromatic carbocycles. The lowest BCUT2D eigenvalue weighted by Crippen LogP contribution is -2.30. The number of hydrogen-bond acceptors (Lipinski definition) is 2. The van der Waals surface area contributed by atoms with Gasteiger partial charge in [0.1, 0.15) is 0 Å². The van der Waals surface area contributed by atoms with Gasteiger partial charge >= 0.3 is 0 Å². The molecule has 0 heterocycles. The van der Waals surface area contributed by atoms with E-state index in [1.807, 2.05) is 18.2 Å². The molecule has 0 atom stereocenters. The van der Waals surface area contributed by atoms with E-state index in [1.54, 1.807) is 0 Å². The summed E-state index contributed by atoms with van der Waals surface area (Å²) >= 11 is 0. The van der Waals surface area contributed by atoms with Crippen molar-refractivity contribution in [3.05, 3.63) is 24.3 Å². The lowest BCUT2D eigenvalue weighted by Gasteiger charge is -2.32. The Morgan fingerprint density at radius 3 is 2.53 bits per heavy atom. The molecule has 2 nitrogen and oxygen atoms in total. The van der Waals surface area contributed by atoms with E-state index in [2.05, 4.69) is 25.2 Å². The molecular weight excluding hydrogens is 208 g/mol. The Bertz CT molecular complexity index is 365. The Morgan fingerprint density at radius 2 is 1.88 bits per heavy atom. The van der Waals surface area contributed by atoms with Crippen LogP contribution in [0.4, 0.5) is 11.4 Å². The second kappa shape index (κ2) is 4.99. The van der Waals surface area contributed by atoms with Crippen molar-refractivity contribution in [3.8, 4) is 0 Å². The number of rotatable bonds is 4. The van der Waals surface area contributed by atoms with Gasteiger partial charge in [-0.15, -0.1) is 0 Å². The number of anilines is 2. The number of nitrogens with two attached hydrogens (primary N) is 1. The van der Waals surface area contributed by atoms with Gasteiger partial charge in [0.25, 0.3) is 0 Å². The van der Waals surface area contributed by atoms with Crippen LogP contribution in [0.2, 0.25) is 0 Å². The smallest absolute Gasteiger partial charge is 0.0574 e. The van der Waals surface area contributed by atoms with Crippen LogP contribution in [0.3, 0.4) is 0 Å². The van der Waals surface area contributed by atoms with Crippen molar-refractivity contribution in [1.82, 2.24) is 0 Å². The summed E-state index contributed by atoms with van der Waals surface area (Å²) in [6.45, 7) is 5.75. The van der Waals surface area contributed by atoms with Crippen LogP contribution < -0.4 is 11.1 Å². The van der Waals surface area contributed by atoms with Crippen molar-refractivity contribution in [3.63, 3.8) is 0 Å². The van der Waals surface area contributed by atoms with Crippen LogP contribution in [0.1, 0.15) is 39.5 Å². The molecule has 0 bridgehead atoms. The molecule has 1 saturated carbocycles. The number of nitrogen functional groups attached to an aromatic ring is 1. The lowest BCUT2D eigenvalue weighted by molar-refractivity contribution is 0.234. The first-order valence-electron chi connectivity index (χ1n) is 6.68. The van der Waals surface area contributed by atoms with E-state index in [0.29, 0.717) is 5.41 Å². The normalized spacial score (nSPS) is 17.3. The fourth-order valence-corrected chi connectivity index (χ4v) is 2.83. The van der Waals surface area contributed by atoms with E-state index in [9.17, 15) is 0 Å². The van der Waals surface area contributed by atoms with Gasteiger partial charge < -0.3 is 11.1 Å². The van der Waals surface area contributed by atoms with Crippen LogP contribution in [-0.4, -0.2) is 6.54 Å². The van der Waals surface area contributed by atoms with Crippen molar-refractivity contribution in [2.24, 2.45) is 11.3 Å². The van der Waals surface area contributed by atoms with Gasteiger partial charge in [-0.1, -0.05) is 38.8 Å². The summed E-state index contributed by atoms with van der Waals surface area (Å²) in [5, 5.41) is 3.51. The van der Waals surface area contributed by atoms with E-state index in [0.717, 1.165) is 23.8 Å². The van der Waals surface area contributed by atoms with Crippen molar-refractivity contribution >= 4 is 11.4 Å². The first-order chi connectivity index (χ1) is 8.09. The quantitative estimate of drug-likeness (QED) is 0.773. The molecule has 1 fully saturated rings. The topological polar surface area (TPSA) is 38.0 Å². The van der Waals surface area contributed by atoms with Crippen LogP contribution in [-0.2, 0) is 0 Å². The molecule has 94 valence electrons. The molecule has 0 amide bonds. The number of nitrogens with one attached hydrogen (secondary N) is 1. The molecule has 3 N–H and O–H groups in total. The molecule has 0 radical (unpaired) electrons. The predicted octanol–water partition coefficient (Wildman–Crippen LogP) is 3.90. The minimum absolute atomic E-state index is 0.360. The van der Waals surface area contributed by atoms with Crippen molar-refractivity contribution in [2.75, 3.05) is 17.6 Å². The number of para-hydroxylation sites is 2. The fraction of sp³-hybridized carbons (Fsp3) is 0.600. The van der Waals surface area contributed by atoms with Gasteiger partial charge in [0.2, 0.25) is 0 Å². The third kappa shape index (κ3) is 2.93. The molecule has 17 heavy (non-hydrogen) atoms. The minimum Gasteiger partial charge on any atom is -0.397 e. The Hall–Kier alpha value is -1.18. The molecule has 0 saturated heterocycles. The summed E-state index contributed by atoms with van der Waals surface area (Å²) in [6, 6.07) is 8.01. The predicted molar refractivity (Wildman–Crippen MR) is 75.1 cm³/mol. The number of benzene rings is 1. The minimum atomic E-state index is 0.360. The SMILES string of the molecule is CC(C)(CNc1ccccc1N)C1CCCC1. The Morgan fingerprint density at radius 1 is 1.24 bits per heavy atom. The highest BCUT2D eigenvalue weighted by Gasteiger charge is 2.31. The van der Waals surface area contributed by atoms with Crippen molar-refractivity contribution in [2.45, 2.75) is 39.5 Å². The van der Waals surface area contributed by atoms with Gasteiger partial charge in [-0.05, 0) is 36.3 Å². The summed E-state index contributed by atoms with van der Waals surface area (Å²) < 4.78 is 0. The summed E-state index contributed by atoms with van der Waals surface area (Å²) in [5.41, 5.74) is 8.21. The van der Waals surface area contributed by atoms with Gasteiger partial charge in [0.05, 0.1) is 11.4 Å². The molecular formula is C15H24N2. The standard InChI is InChI=1S/C15H24N2/c1-15(2,12-7-3-4-8-12)11-17-14-10-6-5-9-13(14)16/h5-6,9-10,12,17H,3-4,7-8,11,16H2,1-2H3. The Balaban J connectivity index is 1.95. The highest BCUT2D eigenvalue weighted by molar-refractivity contribution is 5.65. The molecule has 1 aromatic rings. The second-order valence-electron chi connectivity index (χ2n) is 5.91. The van der Waals surface area contributed by atoms with E-state index < -0.39 is 0 Å². The van der Waals surface area contributed by atoms with Gasteiger partial charge in [0.15, 0.2) is 0 Å².